The molecule has 0 bridgehead atoms. The minimum absolute atomic E-state index is 0.0175. The molecule has 2 unspecified atom stereocenters. The Morgan fingerprint density at radius 3 is 3.00 bits per heavy atom. The Kier molecular flexibility index (Phi) is 2.92. The van der Waals surface area contributed by atoms with Crippen LogP contribution in [0.1, 0.15) is 31.5 Å². The monoisotopic (exact) mass is 266 g/mol. The van der Waals surface area contributed by atoms with Crippen LogP contribution in [0.2, 0.25) is 0 Å². The molecule has 2 atom stereocenters. The van der Waals surface area contributed by atoms with E-state index in [4.69, 9.17) is 4.74 Å². The van der Waals surface area contributed by atoms with Crippen LogP contribution in [0.5, 0.6) is 0 Å². The molecule has 98 valence electrons. The maximum atomic E-state index is 12.5. The Labute approximate surface area is 111 Å². The van der Waals surface area contributed by atoms with Crippen LogP contribution in [-0.4, -0.2) is 36.1 Å². The second-order valence-corrected chi connectivity index (χ2v) is 5.97. The lowest BCUT2D eigenvalue weighted by Crippen LogP contribution is -2.37. The van der Waals surface area contributed by atoms with E-state index in [1.807, 2.05) is 11.8 Å². The van der Waals surface area contributed by atoms with Crippen LogP contribution in [0.25, 0.3) is 0 Å². The summed E-state index contributed by atoms with van der Waals surface area (Å²) in [5, 5.41) is 7.66. The maximum Gasteiger partial charge on any atom is 0.244 e. The third-order valence-electron chi connectivity index (χ3n) is 3.86. The van der Waals surface area contributed by atoms with Crippen LogP contribution < -0.4 is 5.32 Å². The molecule has 18 heavy (non-hydrogen) atoms. The topological polar surface area (TPSA) is 41.6 Å². The third kappa shape index (κ3) is 1.86. The Bertz CT molecular complexity index is 442. The predicted octanol–water partition coefficient (Wildman–Crippen LogP) is 1.75. The zero-order valence-corrected chi connectivity index (χ0v) is 11.5. The second kappa shape index (κ2) is 4.33. The van der Waals surface area contributed by atoms with E-state index in [0.29, 0.717) is 6.54 Å². The zero-order valence-electron chi connectivity index (χ0n) is 10.7. The van der Waals surface area contributed by atoms with Gasteiger partial charge < -0.3 is 9.64 Å². The first-order valence-corrected chi connectivity index (χ1v) is 7.24. The Morgan fingerprint density at radius 2 is 2.44 bits per heavy atom. The minimum Gasteiger partial charge on any atom is -0.380 e. The molecule has 4 nitrogen and oxygen atoms in total. The van der Waals surface area contributed by atoms with Gasteiger partial charge in [0.1, 0.15) is 11.7 Å². The number of thiophene rings is 1. The van der Waals surface area contributed by atoms with Crippen molar-refractivity contribution >= 4 is 17.2 Å². The van der Waals surface area contributed by atoms with Crippen molar-refractivity contribution in [1.82, 2.24) is 10.2 Å². The smallest absolute Gasteiger partial charge is 0.244 e. The third-order valence-corrected chi connectivity index (χ3v) is 4.56. The fourth-order valence-corrected chi connectivity index (χ4v) is 3.19. The molecule has 2 fully saturated rings. The molecule has 2 aliphatic rings. The van der Waals surface area contributed by atoms with Crippen molar-refractivity contribution in [3.8, 4) is 0 Å². The van der Waals surface area contributed by atoms with Crippen molar-refractivity contribution in [3.63, 3.8) is 0 Å². The number of methoxy groups -OCH3 is 1. The summed E-state index contributed by atoms with van der Waals surface area (Å²) >= 11 is 1.67. The van der Waals surface area contributed by atoms with E-state index < -0.39 is 0 Å². The molecular formula is C13H18N2O2S. The molecule has 1 N–H and O–H groups in total. The second-order valence-electron chi connectivity index (χ2n) is 5.19. The SMILES string of the molecule is COC(C)CN1C(=O)C2(CC2)NC1c1ccsc1. The van der Waals surface area contributed by atoms with Gasteiger partial charge in [0.2, 0.25) is 5.91 Å². The maximum absolute atomic E-state index is 12.5. The van der Waals surface area contributed by atoms with Gasteiger partial charge in [-0.2, -0.15) is 11.3 Å². The van der Waals surface area contributed by atoms with Gasteiger partial charge in [0.25, 0.3) is 0 Å². The molecule has 1 aliphatic carbocycles. The minimum atomic E-state index is -0.264. The van der Waals surface area contributed by atoms with E-state index in [2.05, 4.69) is 22.1 Å². The summed E-state index contributed by atoms with van der Waals surface area (Å²) in [5.41, 5.74) is 0.917. The van der Waals surface area contributed by atoms with Gasteiger partial charge in [0.05, 0.1) is 6.10 Å². The van der Waals surface area contributed by atoms with Crippen molar-refractivity contribution in [2.45, 2.75) is 37.6 Å². The van der Waals surface area contributed by atoms with Crippen molar-refractivity contribution in [2.75, 3.05) is 13.7 Å². The average molecular weight is 266 g/mol. The Morgan fingerprint density at radius 1 is 1.67 bits per heavy atom. The Hall–Kier alpha value is -0.910. The highest BCUT2D eigenvalue weighted by Gasteiger charge is 2.59. The average Bonchev–Trinajstić information content (AvgIpc) is 2.85. The number of rotatable bonds is 4. The van der Waals surface area contributed by atoms with Crippen molar-refractivity contribution in [1.29, 1.82) is 0 Å². The highest BCUT2D eigenvalue weighted by Crippen LogP contribution is 2.46. The van der Waals surface area contributed by atoms with Gasteiger partial charge in [-0.1, -0.05) is 0 Å². The number of ether oxygens (including phenoxy) is 1. The number of hydrogen-bond donors (Lipinski definition) is 1. The largest absolute Gasteiger partial charge is 0.380 e. The van der Waals surface area contributed by atoms with Crippen molar-refractivity contribution in [2.24, 2.45) is 0 Å². The van der Waals surface area contributed by atoms with Gasteiger partial charge >= 0.3 is 0 Å². The summed E-state index contributed by atoms with van der Waals surface area (Å²) in [6.07, 6.45) is 2.00. The van der Waals surface area contributed by atoms with E-state index >= 15 is 0 Å². The normalized spacial score (nSPS) is 26.9. The van der Waals surface area contributed by atoms with Crippen LogP contribution in [0.15, 0.2) is 16.8 Å². The quantitative estimate of drug-likeness (QED) is 0.902. The summed E-state index contributed by atoms with van der Waals surface area (Å²) < 4.78 is 5.30. The molecule has 2 heterocycles. The van der Waals surface area contributed by atoms with Crippen LogP contribution in [-0.2, 0) is 9.53 Å². The first-order chi connectivity index (χ1) is 8.66. The summed E-state index contributed by atoms with van der Waals surface area (Å²) in [6.45, 7) is 2.64. The predicted molar refractivity (Wildman–Crippen MR) is 70.3 cm³/mol. The summed E-state index contributed by atoms with van der Waals surface area (Å²) in [6, 6.07) is 2.08. The molecule has 1 aromatic heterocycles. The number of nitrogens with zero attached hydrogens (tertiary/aromatic N) is 1. The van der Waals surface area contributed by atoms with E-state index in [0.717, 1.165) is 12.8 Å². The van der Waals surface area contributed by atoms with Gasteiger partial charge in [-0.05, 0) is 42.2 Å². The lowest BCUT2D eigenvalue weighted by Gasteiger charge is -2.26. The fraction of sp³-hybridized carbons (Fsp3) is 0.615. The number of hydrogen-bond acceptors (Lipinski definition) is 4. The standard InChI is InChI=1S/C13H18N2O2S/c1-9(17-2)7-15-11(10-3-6-18-8-10)14-13(4-5-13)12(15)16/h3,6,8-9,11,14H,4-5,7H2,1-2H3. The van der Waals surface area contributed by atoms with Crippen LogP contribution in [0, 0.1) is 0 Å². The van der Waals surface area contributed by atoms with Crippen LogP contribution >= 0.6 is 11.3 Å². The van der Waals surface area contributed by atoms with Crippen LogP contribution in [0.3, 0.4) is 0 Å². The Balaban J connectivity index is 1.84. The van der Waals surface area contributed by atoms with Gasteiger partial charge in [0.15, 0.2) is 0 Å². The molecule has 1 spiro atoms. The van der Waals surface area contributed by atoms with E-state index in [9.17, 15) is 4.79 Å². The molecule has 0 aromatic carbocycles. The first-order valence-electron chi connectivity index (χ1n) is 6.30. The number of amides is 1. The molecule has 1 aliphatic heterocycles. The van der Waals surface area contributed by atoms with E-state index in [1.54, 1.807) is 18.4 Å². The molecule has 1 amide bonds. The fourth-order valence-electron chi connectivity index (χ4n) is 2.51. The highest BCUT2D eigenvalue weighted by molar-refractivity contribution is 7.07. The summed E-state index contributed by atoms with van der Waals surface area (Å²) in [4.78, 5) is 14.4. The van der Waals surface area contributed by atoms with Crippen molar-refractivity contribution in [3.05, 3.63) is 22.4 Å². The van der Waals surface area contributed by atoms with E-state index in [-0.39, 0.29) is 23.7 Å². The lowest BCUT2D eigenvalue weighted by molar-refractivity contribution is -0.132. The number of carbonyl (C=O) groups is 1. The summed E-state index contributed by atoms with van der Waals surface area (Å²) in [7, 11) is 1.69. The van der Waals surface area contributed by atoms with Gasteiger partial charge in [-0.15, -0.1) is 0 Å². The highest BCUT2D eigenvalue weighted by atomic mass is 32.1. The molecular weight excluding hydrogens is 248 g/mol. The van der Waals surface area contributed by atoms with E-state index in [1.165, 1.54) is 5.56 Å². The number of nitrogens with one attached hydrogen (secondary N) is 1. The van der Waals surface area contributed by atoms with Gasteiger partial charge in [-0.25, -0.2) is 0 Å². The van der Waals surface area contributed by atoms with Crippen LogP contribution in [0.4, 0.5) is 0 Å². The lowest BCUT2D eigenvalue weighted by atomic mass is 10.2. The van der Waals surface area contributed by atoms with Crippen molar-refractivity contribution < 1.29 is 9.53 Å². The first kappa shape index (κ1) is 12.1. The zero-order chi connectivity index (χ0) is 12.8. The van der Waals surface area contributed by atoms with Gasteiger partial charge in [0, 0.05) is 13.7 Å². The number of carbonyl (C=O) groups excluding carboxylic acids is 1. The molecule has 5 heteroatoms. The summed E-state index contributed by atoms with van der Waals surface area (Å²) in [5.74, 6) is 0.239. The molecule has 1 saturated carbocycles. The molecule has 0 radical (unpaired) electrons. The van der Waals surface area contributed by atoms with Gasteiger partial charge in [-0.3, -0.25) is 10.1 Å². The molecule has 1 saturated heterocycles. The molecule has 1 aromatic rings. The molecule has 3 rings (SSSR count).